The minimum Gasteiger partial charge on any atom is -0.303 e. The normalized spacial score (nSPS) is 15.6. The van der Waals surface area contributed by atoms with Gasteiger partial charge in [0.1, 0.15) is 5.82 Å². The molecule has 4 rings (SSSR count). The van der Waals surface area contributed by atoms with Crippen LogP contribution in [0.25, 0.3) is 5.69 Å². The lowest BCUT2D eigenvalue weighted by molar-refractivity contribution is 0.281. The lowest BCUT2D eigenvalue weighted by Gasteiger charge is -2.28. The number of aromatic nitrogens is 5. The van der Waals surface area contributed by atoms with Crippen LogP contribution in [0.15, 0.2) is 42.6 Å². The number of halogens is 1. The third-order valence-corrected chi connectivity index (χ3v) is 5.53. The number of nitrogens with one attached hydrogen (secondary N) is 1. The van der Waals surface area contributed by atoms with Crippen molar-refractivity contribution in [3.05, 3.63) is 65.5 Å². The van der Waals surface area contributed by atoms with Gasteiger partial charge in [-0.3, -0.25) is 4.98 Å². The molecule has 7 heteroatoms. The Morgan fingerprint density at radius 2 is 1.93 bits per heavy atom. The molecule has 1 atom stereocenters. The van der Waals surface area contributed by atoms with E-state index in [1.165, 1.54) is 25.0 Å². The molecule has 0 bridgehead atoms. The molecule has 1 aliphatic carbocycles. The quantitative estimate of drug-likeness (QED) is 0.678. The number of hydrogen-bond donors (Lipinski definition) is 1. The molecule has 1 saturated carbocycles. The lowest BCUT2D eigenvalue weighted by Crippen LogP contribution is -2.35. The van der Waals surface area contributed by atoms with Crippen molar-refractivity contribution in [3.63, 3.8) is 0 Å². The van der Waals surface area contributed by atoms with Gasteiger partial charge in [-0.15, -0.1) is 5.10 Å². The Kier molecular flexibility index (Phi) is 4.93. The van der Waals surface area contributed by atoms with Crippen LogP contribution < -0.4 is 5.32 Å². The number of tetrazole rings is 1. The average Bonchev–Trinajstić information content (AvgIpc) is 3.44. The topological polar surface area (TPSA) is 68.5 Å². The molecular formula is C21H25FN6. The smallest absolute Gasteiger partial charge is 0.178 e. The fourth-order valence-corrected chi connectivity index (χ4v) is 3.52. The van der Waals surface area contributed by atoms with E-state index in [9.17, 15) is 4.39 Å². The van der Waals surface area contributed by atoms with Crippen LogP contribution in [0.3, 0.4) is 0 Å². The van der Waals surface area contributed by atoms with E-state index in [0.29, 0.717) is 5.82 Å². The zero-order valence-corrected chi connectivity index (χ0v) is 16.4. The molecule has 0 radical (unpaired) electrons. The minimum atomic E-state index is -0.290. The molecule has 1 unspecified atom stereocenters. The number of hydrogen-bond acceptors (Lipinski definition) is 5. The SMILES string of the molecule is Cc1ccc(C(NCC(C)(C)C2CC2)c2nnnn2-c2ccc(F)cc2)cn1. The maximum Gasteiger partial charge on any atom is 0.178 e. The van der Waals surface area contributed by atoms with Crippen LogP contribution in [-0.2, 0) is 0 Å². The highest BCUT2D eigenvalue weighted by atomic mass is 19.1. The van der Waals surface area contributed by atoms with Gasteiger partial charge in [0.2, 0.25) is 0 Å². The number of pyridine rings is 1. The summed E-state index contributed by atoms with van der Waals surface area (Å²) in [6, 6.07) is 9.99. The van der Waals surface area contributed by atoms with Crippen molar-refractivity contribution < 1.29 is 4.39 Å². The molecule has 0 amide bonds. The molecule has 3 aromatic rings. The molecule has 146 valence electrons. The largest absolute Gasteiger partial charge is 0.303 e. The van der Waals surface area contributed by atoms with E-state index < -0.39 is 0 Å². The summed E-state index contributed by atoms with van der Waals surface area (Å²) in [6.45, 7) is 7.40. The summed E-state index contributed by atoms with van der Waals surface area (Å²) in [6.07, 6.45) is 4.44. The second-order valence-corrected chi connectivity index (χ2v) is 8.23. The van der Waals surface area contributed by atoms with Crippen LogP contribution in [0.2, 0.25) is 0 Å². The van der Waals surface area contributed by atoms with E-state index in [4.69, 9.17) is 0 Å². The van der Waals surface area contributed by atoms with Crippen LogP contribution in [0.5, 0.6) is 0 Å². The van der Waals surface area contributed by atoms with Gasteiger partial charge in [0, 0.05) is 18.4 Å². The molecule has 1 aliphatic rings. The first-order valence-corrected chi connectivity index (χ1v) is 9.64. The van der Waals surface area contributed by atoms with Crippen LogP contribution in [0, 0.1) is 24.1 Å². The Hall–Kier alpha value is -2.67. The summed E-state index contributed by atoms with van der Waals surface area (Å²) in [5.74, 6) is 1.12. The number of nitrogens with zero attached hydrogens (tertiary/aromatic N) is 5. The van der Waals surface area contributed by atoms with Crippen molar-refractivity contribution in [1.82, 2.24) is 30.5 Å². The lowest BCUT2D eigenvalue weighted by atomic mass is 9.87. The Morgan fingerprint density at radius 3 is 2.57 bits per heavy atom. The standard InChI is InChI=1S/C21H25FN6/c1-14-4-5-15(12-23-14)19(24-13-21(2,3)16-6-7-16)20-25-26-27-28(20)18-10-8-17(22)9-11-18/h4-5,8-12,16,19,24H,6-7,13H2,1-3H3. The molecule has 0 aliphatic heterocycles. The van der Waals surface area contributed by atoms with Gasteiger partial charge in [-0.25, -0.2) is 4.39 Å². The van der Waals surface area contributed by atoms with Crippen LogP contribution in [0.1, 0.15) is 49.8 Å². The molecule has 1 N–H and O–H groups in total. The molecule has 1 fully saturated rings. The zero-order chi connectivity index (χ0) is 19.7. The van der Waals surface area contributed by atoms with Crippen molar-refractivity contribution >= 4 is 0 Å². The van der Waals surface area contributed by atoms with Crippen LogP contribution >= 0.6 is 0 Å². The highest BCUT2D eigenvalue weighted by Crippen LogP contribution is 2.45. The van der Waals surface area contributed by atoms with Gasteiger partial charge >= 0.3 is 0 Å². The van der Waals surface area contributed by atoms with Crippen molar-refractivity contribution in [1.29, 1.82) is 0 Å². The van der Waals surface area contributed by atoms with E-state index >= 15 is 0 Å². The van der Waals surface area contributed by atoms with Crippen molar-refractivity contribution in [2.45, 2.75) is 39.7 Å². The first-order valence-electron chi connectivity index (χ1n) is 9.64. The highest BCUT2D eigenvalue weighted by molar-refractivity contribution is 5.33. The predicted octanol–water partition coefficient (Wildman–Crippen LogP) is 3.62. The number of benzene rings is 1. The Morgan fingerprint density at radius 1 is 1.18 bits per heavy atom. The minimum absolute atomic E-state index is 0.199. The van der Waals surface area contributed by atoms with E-state index in [0.717, 1.165) is 29.4 Å². The summed E-state index contributed by atoms with van der Waals surface area (Å²) in [5.41, 5.74) is 2.87. The second kappa shape index (κ2) is 7.39. The number of aryl methyl sites for hydroxylation is 1. The Labute approximate surface area is 164 Å². The summed E-state index contributed by atoms with van der Waals surface area (Å²) < 4.78 is 15.0. The highest BCUT2D eigenvalue weighted by Gasteiger charge is 2.38. The van der Waals surface area contributed by atoms with E-state index in [2.05, 4.69) is 39.7 Å². The molecule has 2 heterocycles. The second-order valence-electron chi connectivity index (χ2n) is 8.23. The van der Waals surface area contributed by atoms with Gasteiger partial charge in [0.25, 0.3) is 0 Å². The first kappa shape index (κ1) is 18.7. The maximum atomic E-state index is 13.3. The van der Waals surface area contributed by atoms with Gasteiger partial charge in [-0.2, -0.15) is 4.68 Å². The first-order chi connectivity index (χ1) is 13.4. The molecule has 0 saturated heterocycles. The summed E-state index contributed by atoms with van der Waals surface area (Å²) in [7, 11) is 0. The van der Waals surface area contributed by atoms with Gasteiger partial charge in [0.05, 0.1) is 11.7 Å². The Bertz CT molecular complexity index is 928. The van der Waals surface area contributed by atoms with Crippen molar-refractivity contribution in [2.75, 3.05) is 6.54 Å². The predicted molar refractivity (Wildman–Crippen MR) is 104 cm³/mol. The van der Waals surface area contributed by atoms with Crippen LogP contribution in [-0.4, -0.2) is 31.7 Å². The van der Waals surface area contributed by atoms with Crippen molar-refractivity contribution in [3.8, 4) is 5.69 Å². The third kappa shape index (κ3) is 3.94. The maximum absolute atomic E-state index is 13.3. The monoisotopic (exact) mass is 380 g/mol. The van der Waals surface area contributed by atoms with Gasteiger partial charge in [-0.1, -0.05) is 19.9 Å². The van der Waals surface area contributed by atoms with Gasteiger partial charge < -0.3 is 5.32 Å². The Balaban J connectivity index is 1.68. The summed E-state index contributed by atoms with van der Waals surface area (Å²) >= 11 is 0. The molecule has 28 heavy (non-hydrogen) atoms. The molecule has 1 aromatic carbocycles. The molecule has 2 aromatic heterocycles. The van der Waals surface area contributed by atoms with Crippen molar-refractivity contribution in [2.24, 2.45) is 11.3 Å². The number of rotatable bonds is 7. The summed E-state index contributed by atoms with van der Waals surface area (Å²) in [4.78, 5) is 4.45. The van der Waals surface area contributed by atoms with E-state index in [1.54, 1.807) is 16.8 Å². The fourth-order valence-electron chi connectivity index (χ4n) is 3.52. The fraction of sp³-hybridized carbons (Fsp3) is 0.429. The summed E-state index contributed by atoms with van der Waals surface area (Å²) in [5, 5.41) is 16.0. The molecule has 0 spiro atoms. The van der Waals surface area contributed by atoms with Crippen LogP contribution in [0.4, 0.5) is 4.39 Å². The van der Waals surface area contributed by atoms with Gasteiger partial charge in [0.15, 0.2) is 5.82 Å². The van der Waals surface area contributed by atoms with E-state index in [-0.39, 0.29) is 17.3 Å². The molecular weight excluding hydrogens is 355 g/mol. The van der Waals surface area contributed by atoms with Gasteiger partial charge in [-0.05, 0) is 77.4 Å². The van der Waals surface area contributed by atoms with E-state index in [1.807, 2.05) is 25.3 Å². The average molecular weight is 380 g/mol. The third-order valence-electron chi connectivity index (χ3n) is 5.53. The zero-order valence-electron chi connectivity index (χ0n) is 16.4. The molecule has 6 nitrogen and oxygen atoms in total.